The molecular weight excluding hydrogens is 235 g/mol. The van der Waals surface area contributed by atoms with Crippen molar-refractivity contribution in [3.63, 3.8) is 0 Å². The van der Waals surface area contributed by atoms with Gasteiger partial charge in [0.2, 0.25) is 0 Å². The Bertz CT molecular complexity index is 451. The Morgan fingerprint density at radius 1 is 1.61 bits per heavy atom. The molecule has 0 aliphatic carbocycles. The Morgan fingerprint density at radius 2 is 2.39 bits per heavy atom. The van der Waals surface area contributed by atoms with Gasteiger partial charge in [-0.25, -0.2) is 4.39 Å². The highest BCUT2D eigenvalue weighted by Gasteiger charge is 2.26. The molecule has 1 aliphatic heterocycles. The van der Waals surface area contributed by atoms with Crippen molar-refractivity contribution in [2.75, 3.05) is 25.5 Å². The number of nitrogens with zero attached hydrogens (tertiary/aromatic N) is 1. The lowest BCUT2D eigenvalue weighted by molar-refractivity contribution is -0.00281. The number of rotatable bonds is 2. The molecule has 0 bridgehead atoms. The zero-order chi connectivity index (χ0) is 13.1. The Morgan fingerprint density at radius 3 is 3.06 bits per heavy atom. The molecule has 1 atom stereocenters. The molecule has 1 fully saturated rings. The summed E-state index contributed by atoms with van der Waals surface area (Å²) in [6.07, 6.45) is 0.823. The van der Waals surface area contributed by atoms with Crippen LogP contribution in [0.25, 0.3) is 0 Å². The van der Waals surface area contributed by atoms with E-state index in [4.69, 9.17) is 10.5 Å². The van der Waals surface area contributed by atoms with Gasteiger partial charge in [-0.2, -0.15) is 0 Å². The van der Waals surface area contributed by atoms with Gasteiger partial charge in [0.25, 0.3) is 5.91 Å². The van der Waals surface area contributed by atoms with E-state index in [9.17, 15) is 9.18 Å². The Kier molecular flexibility index (Phi) is 3.81. The zero-order valence-corrected chi connectivity index (χ0v) is 10.4. The van der Waals surface area contributed by atoms with Gasteiger partial charge in [-0.15, -0.1) is 0 Å². The molecular formula is C13H17FN2O2. The highest BCUT2D eigenvalue weighted by atomic mass is 19.1. The van der Waals surface area contributed by atoms with Crippen molar-refractivity contribution in [3.8, 4) is 0 Å². The van der Waals surface area contributed by atoms with Crippen LogP contribution in [0.3, 0.4) is 0 Å². The van der Waals surface area contributed by atoms with Crippen molar-refractivity contribution in [1.82, 2.24) is 4.90 Å². The maximum atomic E-state index is 13.4. The summed E-state index contributed by atoms with van der Waals surface area (Å²) in [4.78, 5) is 14.0. The summed E-state index contributed by atoms with van der Waals surface area (Å²) in [7, 11) is 0. The number of benzene rings is 1. The van der Waals surface area contributed by atoms with E-state index in [0.717, 1.165) is 6.42 Å². The number of amides is 1. The molecule has 1 amide bonds. The van der Waals surface area contributed by atoms with Crippen LogP contribution in [0.4, 0.5) is 10.1 Å². The van der Waals surface area contributed by atoms with Crippen LogP contribution >= 0.6 is 0 Å². The maximum absolute atomic E-state index is 13.4. The van der Waals surface area contributed by atoms with Crippen molar-refractivity contribution in [3.05, 3.63) is 29.6 Å². The summed E-state index contributed by atoms with van der Waals surface area (Å²) >= 11 is 0. The van der Waals surface area contributed by atoms with E-state index < -0.39 is 5.82 Å². The van der Waals surface area contributed by atoms with Gasteiger partial charge < -0.3 is 15.4 Å². The normalized spacial score (nSPS) is 19.9. The number of hydrogen-bond donors (Lipinski definition) is 1. The second-order valence-electron chi connectivity index (χ2n) is 4.37. The topological polar surface area (TPSA) is 55.6 Å². The predicted molar refractivity (Wildman–Crippen MR) is 66.7 cm³/mol. The van der Waals surface area contributed by atoms with Gasteiger partial charge in [0.05, 0.1) is 24.9 Å². The van der Waals surface area contributed by atoms with E-state index in [1.54, 1.807) is 11.0 Å². The lowest BCUT2D eigenvalue weighted by atomic mass is 10.1. The Balaban J connectivity index is 2.21. The molecule has 1 aliphatic rings. The molecule has 2 rings (SSSR count). The average Bonchev–Trinajstić information content (AvgIpc) is 2.41. The number of carbonyl (C=O) groups excluding carboxylic acids is 1. The minimum absolute atomic E-state index is 0.0561. The van der Waals surface area contributed by atoms with Gasteiger partial charge >= 0.3 is 0 Å². The minimum atomic E-state index is -0.554. The van der Waals surface area contributed by atoms with Gasteiger partial charge in [-0.3, -0.25) is 4.79 Å². The summed E-state index contributed by atoms with van der Waals surface area (Å²) in [5.74, 6) is -0.716. The maximum Gasteiger partial charge on any atom is 0.254 e. The lowest BCUT2D eigenvalue weighted by Gasteiger charge is -2.35. The molecule has 5 heteroatoms. The first-order chi connectivity index (χ1) is 8.63. The van der Waals surface area contributed by atoms with Gasteiger partial charge in [0.15, 0.2) is 0 Å². The number of nitrogens with two attached hydrogens (primary N) is 1. The average molecular weight is 252 g/mol. The molecule has 4 nitrogen and oxygen atoms in total. The second kappa shape index (κ2) is 5.35. The van der Waals surface area contributed by atoms with E-state index in [-0.39, 0.29) is 17.6 Å². The molecule has 1 unspecified atom stereocenters. The number of hydrogen-bond acceptors (Lipinski definition) is 3. The molecule has 0 radical (unpaired) electrons. The number of anilines is 1. The fraction of sp³-hybridized carbons (Fsp3) is 0.462. The first kappa shape index (κ1) is 12.8. The number of ether oxygens (including phenoxy) is 1. The monoisotopic (exact) mass is 252 g/mol. The zero-order valence-electron chi connectivity index (χ0n) is 10.4. The van der Waals surface area contributed by atoms with Crippen molar-refractivity contribution in [1.29, 1.82) is 0 Å². The van der Waals surface area contributed by atoms with E-state index in [1.807, 2.05) is 6.92 Å². The van der Waals surface area contributed by atoms with Crippen LogP contribution in [-0.2, 0) is 4.74 Å². The van der Waals surface area contributed by atoms with Gasteiger partial charge in [-0.05, 0) is 24.6 Å². The van der Waals surface area contributed by atoms with Crippen molar-refractivity contribution in [2.45, 2.75) is 19.4 Å². The number of morpholine rings is 1. The van der Waals surface area contributed by atoms with Crippen LogP contribution in [0.15, 0.2) is 18.2 Å². The minimum Gasteiger partial charge on any atom is -0.396 e. The molecule has 1 aromatic rings. The third-order valence-corrected chi connectivity index (χ3v) is 3.21. The fourth-order valence-electron chi connectivity index (χ4n) is 2.09. The SMILES string of the molecule is CCC1COCCN1C(=O)c1ccc(N)c(F)c1. The molecule has 1 aromatic carbocycles. The summed E-state index contributed by atoms with van der Waals surface area (Å²) in [5, 5.41) is 0. The van der Waals surface area contributed by atoms with Crippen LogP contribution in [0.2, 0.25) is 0 Å². The quantitative estimate of drug-likeness (QED) is 0.814. The lowest BCUT2D eigenvalue weighted by Crippen LogP contribution is -2.48. The molecule has 1 heterocycles. The number of nitrogen functional groups attached to an aromatic ring is 1. The van der Waals surface area contributed by atoms with E-state index in [0.29, 0.717) is 25.3 Å². The standard InChI is InChI=1S/C13H17FN2O2/c1-2-10-8-18-6-5-16(10)13(17)9-3-4-12(15)11(14)7-9/h3-4,7,10H,2,5-6,8,15H2,1H3. The molecule has 98 valence electrons. The van der Waals surface area contributed by atoms with Gasteiger partial charge in [0, 0.05) is 12.1 Å². The van der Waals surface area contributed by atoms with Crippen LogP contribution in [-0.4, -0.2) is 36.6 Å². The van der Waals surface area contributed by atoms with E-state index in [2.05, 4.69) is 0 Å². The van der Waals surface area contributed by atoms with Crippen molar-refractivity contribution >= 4 is 11.6 Å². The van der Waals surface area contributed by atoms with Crippen LogP contribution in [0.5, 0.6) is 0 Å². The molecule has 2 N–H and O–H groups in total. The highest BCUT2D eigenvalue weighted by molar-refractivity contribution is 5.94. The summed E-state index contributed by atoms with van der Waals surface area (Å²) in [6.45, 7) is 3.62. The van der Waals surface area contributed by atoms with Crippen LogP contribution in [0.1, 0.15) is 23.7 Å². The smallest absolute Gasteiger partial charge is 0.254 e. The summed E-state index contributed by atoms with van der Waals surface area (Å²) in [6, 6.07) is 4.24. The molecule has 0 aromatic heterocycles. The predicted octanol–water partition coefficient (Wildman–Crippen LogP) is 1.66. The highest BCUT2D eigenvalue weighted by Crippen LogP contribution is 2.17. The van der Waals surface area contributed by atoms with Crippen LogP contribution < -0.4 is 5.73 Å². The third kappa shape index (κ3) is 2.46. The largest absolute Gasteiger partial charge is 0.396 e. The fourth-order valence-corrected chi connectivity index (χ4v) is 2.09. The van der Waals surface area contributed by atoms with Crippen LogP contribution in [0, 0.1) is 5.82 Å². The Hall–Kier alpha value is -1.62. The van der Waals surface area contributed by atoms with Crippen molar-refractivity contribution < 1.29 is 13.9 Å². The first-order valence-corrected chi connectivity index (χ1v) is 6.07. The number of halogens is 1. The third-order valence-electron chi connectivity index (χ3n) is 3.21. The van der Waals surface area contributed by atoms with Gasteiger partial charge in [0.1, 0.15) is 5.82 Å². The molecule has 0 spiro atoms. The summed E-state index contributed by atoms with van der Waals surface area (Å²) in [5.41, 5.74) is 5.79. The number of carbonyl (C=O) groups is 1. The summed E-state index contributed by atoms with van der Waals surface area (Å²) < 4.78 is 18.7. The Labute approximate surface area is 106 Å². The van der Waals surface area contributed by atoms with Gasteiger partial charge in [-0.1, -0.05) is 6.92 Å². The molecule has 1 saturated heterocycles. The van der Waals surface area contributed by atoms with E-state index in [1.165, 1.54) is 12.1 Å². The van der Waals surface area contributed by atoms with Crippen molar-refractivity contribution in [2.24, 2.45) is 0 Å². The second-order valence-corrected chi connectivity index (χ2v) is 4.37. The molecule has 18 heavy (non-hydrogen) atoms. The first-order valence-electron chi connectivity index (χ1n) is 6.07. The van der Waals surface area contributed by atoms with E-state index >= 15 is 0 Å². The molecule has 0 saturated carbocycles.